The van der Waals surface area contributed by atoms with E-state index in [0.717, 1.165) is 19.3 Å². The highest BCUT2D eigenvalue weighted by molar-refractivity contribution is 5.70. The molecule has 0 heterocycles. The molecule has 0 aliphatic heterocycles. The molecule has 0 spiro atoms. The van der Waals surface area contributed by atoms with E-state index in [2.05, 4.69) is 13.8 Å². The first-order valence-corrected chi connectivity index (χ1v) is 7.30. The van der Waals surface area contributed by atoms with Gasteiger partial charge in [0.1, 0.15) is 6.54 Å². The molecule has 5 heteroatoms. The highest BCUT2D eigenvalue weighted by Gasteiger charge is 2.22. The maximum Gasteiger partial charge on any atom is 0.306 e. The number of likely N-dealkylation sites (N-methyl/N-ethyl adjacent to an activating group) is 1. The summed E-state index contributed by atoms with van der Waals surface area (Å²) in [4.78, 5) is 22.4. The summed E-state index contributed by atoms with van der Waals surface area (Å²) in [7, 11) is 5.79. The van der Waals surface area contributed by atoms with Crippen molar-refractivity contribution in [2.75, 3.05) is 27.7 Å². The first kappa shape index (κ1) is 18.9. The molecule has 5 nitrogen and oxygen atoms in total. The minimum atomic E-state index is -1.18. The molecule has 0 saturated carbocycles. The molecule has 20 heavy (non-hydrogen) atoms. The Bertz CT molecular complexity index is 307. The van der Waals surface area contributed by atoms with E-state index in [1.165, 1.54) is 0 Å². The highest BCUT2D eigenvalue weighted by atomic mass is 16.5. The minimum absolute atomic E-state index is 0.243. The largest absolute Gasteiger partial charge is 0.550 e. The van der Waals surface area contributed by atoms with Crippen molar-refractivity contribution in [1.82, 2.24) is 0 Å². The summed E-state index contributed by atoms with van der Waals surface area (Å²) in [5.74, 6) is -0.862. The zero-order valence-electron chi connectivity index (χ0n) is 13.5. The molecule has 1 atom stereocenters. The van der Waals surface area contributed by atoms with Gasteiger partial charge in [-0.15, -0.1) is 0 Å². The number of rotatable bonds is 10. The lowest BCUT2D eigenvalue weighted by Gasteiger charge is -2.29. The van der Waals surface area contributed by atoms with Gasteiger partial charge in [0.25, 0.3) is 0 Å². The first-order chi connectivity index (χ1) is 9.10. The number of carbonyl (C=O) groups excluding carboxylic acids is 2. The van der Waals surface area contributed by atoms with Crippen molar-refractivity contribution in [3.8, 4) is 0 Å². The van der Waals surface area contributed by atoms with Crippen LogP contribution in [-0.2, 0) is 14.3 Å². The van der Waals surface area contributed by atoms with Crippen LogP contribution in [0, 0.1) is 5.92 Å². The topological polar surface area (TPSA) is 66.4 Å². The summed E-state index contributed by atoms with van der Waals surface area (Å²) < 4.78 is 5.81. The maximum absolute atomic E-state index is 11.7. The number of aliphatic carboxylic acids is 1. The smallest absolute Gasteiger partial charge is 0.306 e. The Labute approximate surface area is 122 Å². The molecule has 0 rings (SSSR count). The lowest BCUT2D eigenvalue weighted by Crippen LogP contribution is -2.45. The van der Waals surface area contributed by atoms with Crippen LogP contribution in [0.2, 0.25) is 0 Å². The van der Waals surface area contributed by atoms with Crippen LogP contribution in [0.5, 0.6) is 0 Å². The van der Waals surface area contributed by atoms with E-state index < -0.39 is 12.1 Å². The molecule has 0 aromatic rings. The fourth-order valence-electron chi connectivity index (χ4n) is 2.01. The van der Waals surface area contributed by atoms with E-state index in [-0.39, 0.29) is 12.4 Å². The molecule has 0 amide bonds. The number of unbranched alkanes of at least 4 members (excludes halogenated alkanes) is 1. The predicted molar refractivity (Wildman–Crippen MR) is 75.7 cm³/mol. The van der Waals surface area contributed by atoms with Crippen LogP contribution in [0.15, 0.2) is 0 Å². The summed E-state index contributed by atoms with van der Waals surface area (Å²) in [6, 6.07) is 0. The van der Waals surface area contributed by atoms with Crippen molar-refractivity contribution in [3.05, 3.63) is 0 Å². The second-order valence-corrected chi connectivity index (χ2v) is 6.80. The number of nitrogens with zero attached hydrogens (tertiary/aromatic N) is 1. The van der Waals surface area contributed by atoms with E-state index in [1.807, 2.05) is 21.1 Å². The van der Waals surface area contributed by atoms with Gasteiger partial charge >= 0.3 is 5.97 Å². The van der Waals surface area contributed by atoms with Gasteiger partial charge in [-0.05, 0) is 12.3 Å². The molecule has 118 valence electrons. The van der Waals surface area contributed by atoms with Crippen LogP contribution in [0.25, 0.3) is 0 Å². The van der Waals surface area contributed by atoms with Crippen molar-refractivity contribution >= 4 is 11.9 Å². The highest BCUT2D eigenvalue weighted by Crippen LogP contribution is 2.11. The van der Waals surface area contributed by atoms with Crippen molar-refractivity contribution in [2.24, 2.45) is 5.92 Å². The second kappa shape index (κ2) is 8.95. The molecule has 1 unspecified atom stereocenters. The Kier molecular flexibility index (Phi) is 8.46. The summed E-state index contributed by atoms with van der Waals surface area (Å²) in [6.07, 6.45) is 2.37. The normalized spacial score (nSPS) is 13.3. The van der Waals surface area contributed by atoms with Gasteiger partial charge in [-0.2, -0.15) is 0 Å². The number of quaternary nitrogens is 1. The molecule has 0 aromatic heterocycles. The van der Waals surface area contributed by atoms with Crippen LogP contribution >= 0.6 is 0 Å². The molecule has 0 aliphatic rings. The van der Waals surface area contributed by atoms with Gasteiger partial charge in [-0.25, -0.2) is 0 Å². The summed E-state index contributed by atoms with van der Waals surface area (Å²) in [5, 5.41) is 10.7. The average Bonchev–Trinajstić information content (AvgIpc) is 2.20. The van der Waals surface area contributed by atoms with E-state index >= 15 is 0 Å². The van der Waals surface area contributed by atoms with Crippen molar-refractivity contribution in [1.29, 1.82) is 0 Å². The van der Waals surface area contributed by atoms with Crippen LogP contribution in [0.3, 0.4) is 0 Å². The minimum Gasteiger partial charge on any atom is -0.550 e. The molecule has 0 N–H and O–H groups in total. The van der Waals surface area contributed by atoms with Gasteiger partial charge in [-0.3, -0.25) is 4.79 Å². The molecule has 0 fully saturated rings. The number of carboxylic acids is 1. The lowest BCUT2D eigenvalue weighted by molar-refractivity contribution is -0.873. The molecular weight excluding hydrogens is 258 g/mol. The lowest BCUT2D eigenvalue weighted by atomic mass is 10.1. The molecule has 0 radical (unpaired) electrons. The Hall–Kier alpha value is -1.10. The summed E-state index contributed by atoms with van der Waals surface area (Å²) >= 11 is 0. The fraction of sp³-hybridized carbons (Fsp3) is 0.867. The zero-order chi connectivity index (χ0) is 15.8. The number of carbonyl (C=O) groups is 2. The predicted octanol–water partition coefficient (Wildman–Crippen LogP) is 0.961. The third-order valence-corrected chi connectivity index (χ3v) is 2.86. The standard InChI is InChI=1S/C15H29NO4/c1-12(2)8-6-7-9-15(19)20-13(10-14(17)18)11-16(3,4)5/h12-13H,6-11H2,1-5H3. The maximum atomic E-state index is 11.7. The van der Waals surface area contributed by atoms with Gasteiger partial charge in [0, 0.05) is 18.8 Å². The quantitative estimate of drug-likeness (QED) is 0.341. The summed E-state index contributed by atoms with van der Waals surface area (Å²) in [6.45, 7) is 4.76. The van der Waals surface area contributed by atoms with E-state index in [0.29, 0.717) is 23.4 Å². The zero-order valence-corrected chi connectivity index (χ0v) is 13.5. The van der Waals surface area contributed by atoms with Gasteiger partial charge in [-0.1, -0.05) is 26.7 Å². The van der Waals surface area contributed by atoms with Gasteiger partial charge < -0.3 is 19.1 Å². The Morgan fingerprint density at radius 1 is 1.15 bits per heavy atom. The monoisotopic (exact) mass is 287 g/mol. The Balaban J connectivity index is 4.15. The van der Waals surface area contributed by atoms with Crippen LogP contribution < -0.4 is 5.11 Å². The van der Waals surface area contributed by atoms with Crippen LogP contribution in [0.1, 0.15) is 46.0 Å². The third-order valence-electron chi connectivity index (χ3n) is 2.86. The Morgan fingerprint density at radius 2 is 1.75 bits per heavy atom. The van der Waals surface area contributed by atoms with Crippen LogP contribution in [-0.4, -0.2) is 50.2 Å². The van der Waals surface area contributed by atoms with E-state index in [1.54, 1.807) is 0 Å². The van der Waals surface area contributed by atoms with Crippen molar-refractivity contribution < 1.29 is 23.9 Å². The molecule has 0 saturated heterocycles. The number of esters is 1. The number of ether oxygens (including phenoxy) is 1. The van der Waals surface area contributed by atoms with Gasteiger partial charge in [0.05, 0.1) is 21.1 Å². The second-order valence-electron chi connectivity index (χ2n) is 6.80. The van der Waals surface area contributed by atoms with Crippen LogP contribution in [0.4, 0.5) is 0 Å². The average molecular weight is 287 g/mol. The van der Waals surface area contributed by atoms with E-state index in [9.17, 15) is 14.7 Å². The molecule has 0 bridgehead atoms. The first-order valence-electron chi connectivity index (χ1n) is 7.30. The fourth-order valence-corrected chi connectivity index (χ4v) is 2.01. The summed E-state index contributed by atoms with van der Waals surface area (Å²) in [5.41, 5.74) is 0. The molecule has 0 aliphatic carbocycles. The number of hydrogen-bond donors (Lipinski definition) is 0. The van der Waals surface area contributed by atoms with Crippen molar-refractivity contribution in [3.63, 3.8) is 0 Å². The molecular formula is C15H29NO4. The molecule has 0 aromatic carbocycles. The van der Waals surface area contributed by atoms with Gasteiger partial charge in [0.15, 0.2) is 6.10 Å². The number of hydrogen-bond acceptors (Lipinski definition) is 4. The number of carboxylic acid groups (broad SMARTS) is 1. The SMILES string of the molecule is CC(C)CCCCC(=O)OC(CC(=O)[O-])C[N+](C)(C)C. The van der Waals surface area contributed by atoms with Crippen molar-refractivity contribution in [2.45, 2.75) is 52.1 Å². The van der Waals surface area contributed by atoms with Gasteiger partial charge in [0.2, 0.25) is 0 Å². The Morgan fingerprint density at radius 3 is 2.20 bits per heavy atom. The van der Waals surface area contributed by atoms with E-state index in [4.69, 9.17) is 4.74 Å². The third kappa shape index (κ3) is 12.0.